The van der Waals surface area contributed by atoms with Crippen molar-refractivity contribution in [2.45, 2.75) is 25.5 Å². The van der Waals surface area contributed by atoms with Gasteiger partial charge >= 0.3 is 12.8 Å². The third-order valence-corrected chi connectivity index (χ3v) is 4.56. The molecule has 1 atom stereocenters. The molecule has 2 aromatic rings. The normalized spacial score (nSPS) is 17.1. The molecule has 1 aliphatic heterocycles. The van der Waals surface area contributed by atoms with E-state index in [1.54, 1.807) is 0 Å². The van der Waals surface area contributed by atoms with E-state index < -0.39 is 24.5 Å². The van der Waals surface area contributed by atoms with Crippen LogP contribution >= 0.6 is 0 Å². The zero-order chi connectivity index (χ0) is 22.4. The van der Waals surface area contributed by atoms with Gasteiger partial charge in [-0.25, -0.2) is 0 Å². The predicted molar refractivity (Wildman–Crippen MR) is 99.8 cm³/mol. The van der Waals surface area contributed by atoms with E-state index in [0.29, 0.717) is 12.1 Å². The third kappa shape index (κ3) is 6.63. The molecule has 5 nitrogen and oxygen atoms in total. The number of hydrogen-bond acceptors (Lipinski definition) is 4. The lowest BCUT2D eigenvalue weighted by Gasteiger charge is -2.33. The Morgan fingerprint density at radius 1 is 1.16 bits per heavy atom. The van der Waals surface area contributed by atoms with Crippen LogP contribution in [0.25, 0.3) is 0 Å². The first kappa shape index (κ1) is 23.0. The maximum atomic E-state index is 12.8. The van der Waals surface area contributed by atoms with Crippen LogP contribution in [-0.2, 0) is 22.3 Å². The minimum atomic E-state index is -4.43. The largest absolute Gasteiger partial charge is 0.435 e. The molecular weight excluding hydrogens is 425 g/mol. The highest BCUT2D eigenvalue weighted by Gasteiger charge is 2.30. The summed E-state index contributed by atoms with van der Waals surface area (Å²) in [4.78, 5) is 14.2. The number of hydrogen-bond donors (Lipinski definition) is 0. The second kappa shape index (κ2) is 10.1. The highest BCUT2D eigenvalue weighted by Crippen LogP contribution is 2.29. The quantitative estimate of drug-likeness (QED) is 0.595. The van der Waals surface area contributed by atoms with Crippen molar-refractivity contribution in [3.05, 3.63) is 65.2 Å². The molecule has 1 fully saturated rings. The lowest BCUT2D eigenvalue weighted by Crippen LogP contribution is -2.47. The first-order valence-electron chi connectivity index (χ1n) is 9.42. The van der Waals surface area contributed by atoms with E-state index >= 15 is 0 Å². The van der Waals surface area contributed by atoms with E-state index in [1.165, 1.54) is 41.3 Å². The number of amides is 1. The van der Waals surface area contributed by atoms with Crippen LogP contribution in [0.4, 0.5) is 22.0 Å². The Kier molecular flexibility index (Phi) is 7.45. The number of nitrogens with zero attached hydrogens (tertiary/aromatic N) is 1. The van der Waals surface area contributed by atoms with E-state index in [4.69, 9.17) is 9.47 Å². The molecule has 1 amide bonds. The molecule has 1 unspecified atom stereocenters. The number of rotatable bonds is 7. The molecule has 1 aliphatic rings. The minimum Gasteiger partial charge on any atom is -0.435 e. The van der Waals surface area contributed by atoms with Crippen molar-refractivity contribution in [1.29, 1.82) is 0 Å². The fourth-order valence-electron chi connectivity index (χ4n) is 3.14. The summed E-state index contributed by atoms with van der Waals surface area (Å²) in [5.74, 6) is -0.485. The SMILES string of the molecule is O=C(c1cccc(OC(F)F)c1)N1CCOC(COCc2cccc(C(F)(F)F)c2)C1. The van der Waals surface area contributed by atoms with Crippen molar-refractivity contribution >= 4 is 5.91 Å². The Morgan fingerprint density at radius 3 is 2.68 bits per heavy atom. The summed E-state index contributed by atoms with van der Waals surface area (Å²) in [6.07, 6.45) is -4.90. The van der Waals surface area contributed by atoms with Crippen molar-refractivity contribution in [2.24, 2.45) is 0 Å². The predicted octanol–water partition coefficient (Wildman–Crippen LogP) is 4.36. The van der Waals surface area contributed by atoms with E-state index in [-0.39, 0.29) is 43.6 Å². The Morgan fingerprint density at radius 2 is 1.94 bits per heavy atom. The Labute approximate surface area is 175 Å². The van der Waals surface area contributed by atoms with Crippen LogP contribution < -0.4 is 4.74 Å². The lowest BCUT2D eigenvalue weighted by atomic mass is 10.1. The van der Waals surface area contributed by atoms with E-state index in [1.807, 2.05) is 0 Å². The van der Waals surface area contributed by atoms with Gasteiger partial charge in [0.05, 0.1) is 31.5 Å². The van der Waals surface area contributed by atoms with Crippen LogP contribution in [0, 0.1) is 0 Å². The molecule has 3 rings (SSSR count). The molecule has 0 spiro atoms. The van der Waals surface area contributed by atoms with Crippen molar-refractivity contribution in [2.75, 3.05) is 26.3 Å². The van der Waals surface area contributed by atoms with Gasteiger partial charge in [0, 0.05) is 18.7 Å². The molecule has 10 heteroatoms. The highest BCUT2D eigenvalue weighted by atomic mass is 19.4. The van der Waals surface area contributed by atoms with Gasteiger partial charge in [0.2, 0.25) is 0 Å². The van der Waals surface area contributed by atoms with Crippen LogP contribution in [0.2, 0.25) is 0 Å². The summed E-state index contributed by atoms with van der Waals surface area (Å²) in [7, 11) is 0. The molecule has 0 saturated carbocycles. The number of morpholine rings is 1. The summed E-state index contributed by atoms with van der Waals surface area (Å²) in [5, 5.41) is 0. The molecule has 1 saturated heterocycles. The molecule has 0 aromatic heterocycles. The zero-order valence-corrected chi connectivity index (χ0v) is 16.3. The number of halogens is 5. The van der Waals surface area contributed by atoms with Crippen LogP contribution in [0.15, 0.2) is 48.5 Å². The van der Waals surface area contributed by atoms with Gasteiger partial charge in [-0.3, -0.25) is 4.79 Å². The maximum Gasteiger partial charge on any atom is 0.416 e. The number of ether oxygens (including phenoxy) is 3. The third-order valence-electron chi connectivity index (χ3n) is 4.56. The molecule has 0 radical (unpaired) electrons. The van der Waals surface area contributed by atoms with Gasteiger partial charge in [-0.1, -0.05) is 18.2 Å². The minimum absolute atomic E-state index is 0.0370. The number of benzene rings is 2. The van der Waals surface area contributed by atoms with E-state index in [2.05, 4.69) is 4.74 Å². The average molecular weight is 445 g/mol. The molecule has 1 heterocycles. The summed E-state index contributed by atoms with van der Waals surface area (Å²) in [6.45, 7) is -2.20. The molecule has 0 bridgehead atoms. The van der Waals surface area contributed by atoms with Gasteiger partial charge in [0.1, 0.15) is 5.75 Å². The molecule has 31 heavy (non-hydrogen) atoms. The van der Waals surface area contributed by atoms with Crippen molar-refractivity contribution < 1.29 is 41.0 Å². The van der Waals surface area contributed by atoms with Gasteiger partial charge in [-0.05, 0) is 35.9 Å². The highest BCUT2D eigenvalue weighted by molar-refractivity contribution is 5.94. The summed E-state index contributed by atoms with van der Waals surface area (Å²) in [5.41, 5.74) is -0.185. The number of carbonyl (C=O) groups excluding carboxylic acids is 1. The Bertz CT molecular complexity index is 890. The molecular formula is C21H20F5NO4. The first-order chi connectivity index (χ1) is 14.7. The van der Waals surface area contributed by atoms with Gasteiger partial charge in [-0.2, -0.15) is 22.0 Å². The standard InChI is InChI=1S/C21H20F5NO4/c22-20(23)31-17-6-2-4-15(10-17)19(28)27-7-8-30-18(11-27)13-29-12-14-3-1-5-16(9-14)21(24,25)26/h1-6,9-10,18,20H,7-8,11-13H2. The van der Waals surface area contributed by atoms with Crippen molar-refractivity contribution in [3.8, 4) is 5.75 Å². The van der Waals surface area contributed by atoms with Crippen LogP contribution in [-0.4, -0.2) is 49.8 Å². The second-order valence-corrected chi connectivity index (χ2v) is 6.86. The smallest absolute Gasteiger partial charge is 0.416 e. The summed E-state index contributed by atoms with van der Waals surface area (Å²) < 4.78 is 78.5. The summed E-state index contributed by atoms with van der Waals surface area (Å²) >= 11 is 0. The maximum absolute atomic E-state index is 12.8. The Hall–Kier alpha value is -2.72. The van der Waals surface area contributed by atoms with Gasteiger partial charge < -0.3 is 19.1 Å². The first-order valence-corrected chi connectivity index (χ1v) is 9.42. The van der Waals surface area contributed by atoms with Gasteiger partial charge in [0.15, 0.2) is 0 Å². The van der Waals surface area contributed by atoms with E-state index in [9.17, 15) is 26.7 Å². The van der Waals surface area contributed by atoms with Gasteiger partial charge in [0.25, 0.3) is 5.91 Å². The topological polar surface area (TPSA) is 48.0 Å². The lowest BCUT2D eigenvalue weighted by molar-refractivity contribution is -0.137. The number of carbonyl (C=O) groups is 1. The molecule has 168 valence electrons. The molecule has 0 aliphatic carbocycles. The second-order valence-electron chi connectivity index (χ2n) is 6.86. The zero-order valence-electron chi connectivity index (χ0n) is 16.3. The molecule has 0 N–H and O–H groups in total. The van der Waals surface area contributed by atoms with Crippen LogP contribution in [0.5, 0.6) is 5.75 Å². The monoisotopic (exact) mass is 445 g/mol. The van der Waals surface area contributed by atoms with Crippen molar-refractivity contribution in [3.63, 3.8) is 0 Å². The Balaban J connectivity index is 1.53. The van der Waals surface area contributed by atoms with Crippen LogP contribution in [0.1, 0.15) is 21.5 Å². The number of alkyl halides is 5. The fraction of sp³-hybridized carbons (Fsp3) is 0.381. The molecule has 2 aromatic carbocycles. The van der Waals surface area contributed by atoms with Crippen LogP contribution in [0.3, 0.4) is 0 Å². The average Bonchev–Trinajstić information content (AvgIpc) is 2.73. The van der Waals surface area contributed by atoms with Gasteiger partial charge in [-0.15, -0.1) is 0 Å². The van der Waals surface area contributed by atoms with E-state index in [0.717, 1.165) is 12.1 Å². The van der Waals surface area contributed by atoms with Crippen molar-refractivity contribution in [1.82, 2.24) is 4.90 Å². The summed E-state index contributed by atoms with van der Waals surface area (Å²) in [6, 6.07) is 10.4. The fourth-order valence-corrected chi connectivity index (χ4v) is 3.14.